The fourth-order valence-corrected chi connectivity index (χ4v) is 10.2. The van der Waals surface area contributed by atoms with E-state index in [1.54, 1.807) is 5.57 Å². The maximum atomic E-state index is 6.75. The van der Waals surface area contributed by atoms with Gasteiger partial charge in [0.25, 0.3) is 0 Å². The topological polar surface area (TPSA) is 18.5 Å². The first-order valence-corrected chi connectivity index (χ1v) is 19.2. The van der Waals surface area contributed by atoms with Crippen molar-refractivity contribution >= 4 is 16.6 Å². The highest BCUT2D eigenvalue weighted by Crippen LogP contribution is 2.65. The van der Waals surface area contributed by atoms with Crippen LogP contribution in [-0.4, -0.2) is 28.8 Å². The van der Waals surface area contributed by atoms with Crippen molar-refractivity contribution in [2.75, 3.05) is 0 Å². The molecule has 4 rings (SSSR count). The second kappa shape index (κ2) is 7.32. The molecule has 0 amide bonds. The maximum absolute atomic E-state index is 6.75. The van der Waals surface area contributed by atoms with Gasteiger partial charge in [0, 0.05) is 6.10 Å². The second-order valence-electron chi connectivity index (χ2n) is 13.2. The lowest BCUT2D eigenvalue weighted by Crippen LogP contribution is -2.52. The predicted octanol–water partition coefficient (Wildman–Crippen LogP) is 7.39. The molecule has 4 heteroatoms. The van der Waals surface area contributed by atoms with Gasteiger partial charge < -0.3 is 8.85 Å². The molecule has 166 valence electrons. The van der Waals surface area contributed by atoms with Crippen LogP contribution >= 0.6 is 0 Å². The van der Waals surface area contributed by atoms with E-state index in [-0.39, 0.29) is 0 Å². The van der Waals surface area contributed by atoms with Crippen molar-refractivity contribution in [1.29, 1.82) is 0 Å². The first-order chi connectivity index (χ1) is 13.3. The number of allylic oxidation sites excluding steroid dienone is 1. The third-order valence-corrected chi connectivity index (χ3v) is 11.0. The van der Waals surface area contributed by atoms with Crippen LogP contribution in [0.1, 0.15) is 65.2 Å². The van der Waals surface area contributed by atoms with Gasteiger partial charge in [-0.2, -0.15) is 0 Å². The third kappa shape index (κ3) is 4.13. The first-order valence-electron chi connectivity index (χ1n) is 12.4. The van der Waals surface area contributed by atoms with Gasteiger partial charge in [0.2, 0.25) is 0 Å². The van der Waals surface area contributed by atoms with Crippen molar-refractivity contribution in [3.05, 3.63) is 11.6 Å². The normalized spacial score (nSPS) is 45.2. The molecule has 4 aliphatic carbocycles. The molecule has 3 saturated carbocycles. The molecular formula is C25H46O2Si2. The van der Waals surface area contributed by atoms with Crippen LogP contribution in [0.5, 0.6) is 0 Å². The molecule has 0 N–H and O–H groups in total. The van der Waals surface area contributed by atoms with Crippen molar-refractivity contribution < 1.29 is 8.85 Å². The van der Waals surface area contributed by atoms with Crippen molar-refractivity contribution in [3.63, 3.8) is 0 Å². The summed E-state index contributed by atoms with van der Waals surface area (Å²) in [6.45, 7) is 19.3. The average Bonchev–Trinajstić information content (AvgIpc) is 2.89. The second-order valence-corrected chi connectivity index (χ2v) is 22.1. The largest absolute Gasteiger partial charge is 0.414 e. The first kappa shape index (κ1) is 22.3. The molecule has 3 fully saturated rings. The van der Waals surface area contributed by atoms with Crippen molar-refractivity contribution in [1.82, 2.24) is 0 Å². The zero-order valence-corrected chi connectivity index (χ0v) is 22.4. The minimum absolute atomic E-state index is 0.418. The zero-order chi connectivity index (χ0) is 21.2. The van der Waals surface area contributed by atoms with E-state index < -0.39 is 16.6 Å². The van der Waals surface area contributed by atoms with Crippen LogP contribution in [0, 0.1) is 28.6 Å². The molecule has 7 atom stereocenters. The van der Waals surface area contributed by atoms with Crippen molar-refractivity contribution in [3.8, 4) is 0 Å². The average molecular weight is 435 g/mol. The summed E-state index contributed by atoms with van der Waals surface area (Å²) in [4.78, 5) is 0. The van der Waals surface area contributed by atoms with E-state index in [1.807, 2.05) is 0 Å². The molecule has 0 bridgehead atoms. The van der Waals surface area contributed by atoms with Crippen LogP contribution < -0.4 is 0 Å². The van der Waals surface area contributed by atoms with Gasteiger partial charge in [-0.15, -0.1) is 0 Å². The van der Waals surface area contributed by atoms with Gasteiger partial charge in [-0.25, -0.2) is 0 Å². The molecule has 2 nitrogen and oxygen atoms in total. The van der Waals surface area contributed by atoms with Crippen molar-refractivity contribution in [2.24, 2.45) is 28.6 Å². The Morgan fingerprint density at radius 2 is 1.52 bits per heavy atom. The van der Waals surface area contributed by atoms with Gasteiger partial charge in [-0.05, 0) is 119 Å². The number of hydrogen-bond donors (Lipinski definition) is 0. The van der Waals surface area contributed by atoms with E-state index in [0.29, 0.717) is 23.0 Å². The Kier molecular flexibility index (Phi) is 5.62. The molecule has 3 unspecified atom stereocenters. The van der Waals surface area contributed by atoms with Gasteiger partial charge in [-0.1, -0.05) is 25.5 Å². The smallest absolute Gasteiger partial charge is 0.184 e. The van der Waals surface area contributed by atoms with Crippen LogP contribution in [-0.2, 0) is 8.85 Å². The lowest BCUT2D eigenvalue weighted by atomic mass is 9.48. The standard InChI is InChI=1S/C25H46O2Si2/c1-24-15-13-19(26-28(3,4)5)17-18(24)9-10-20-21-11-12-23(27-29(6,7)8)25(21,2)16-14-22(20)24/h9,19-23H,10-17H2,1-8H3/t19-,20?,21?,22?,23+,24+,25+/m1/s1. The molecule has 0 aliphatic heterocycles. The van der Waals surface area contributed by atoms with Crippen molar-refractivity contribution in [2.45, 2.75) is 117 Å². The number of rotatable bonds is 4. The monoisotopic (exact) mass is 434 g/mol. The quantitative estimate of drug-likeness (QED) is 0.339. The Labute approximate surface area is 182 Å². The van der Waals surface area contributed by atoms with Gasteiger partial charge in [0.15, 0.2) is 16.6 Å². The summed E-state index contributed by atoms with van der Waals surface area (Å²) in [6, 6.07) is 0. The molecule has 0 saturated heterocycles. The molecular weight excluding hydrogens is 388 g/mol. The summed E-state index contributed by atoms with van der Waals surface area (Å²) in [6.07, 6.45) is 14.3. The summed E-state index contributed by atoms with van der Waals surface area (Å²) in [5.41, 5.74) is 2.60. The summed E-state index contributed by atoms with van der Waals surface area (Å²) in [5.74, 6) is 2.64. The lowest BCUT2D eigenvalue weighted by molar-refractivity contribution is -0.0660. The fraction of sp³-hybridized carbons (Fsp3) is 0.920. The SMILES string of the molecule is C[C@]12CC[C@@H](O[Si](C)(C)C)CC1=CCC1C2CC[C@@]2(C)C1CC[C@@H]2O[Si](C)(C)C. The van der Waals surface area contributed by atoms with Gasteiger partial charge in [-0.3, -0.25) is 0 Å². The highest BCUT2D eigenvalue weighted by Gasteiger charge is 2.59. The Hall–Kier alpha value is 0.0938. The maximum Gasteiger partial charge on any atom is 0.184 e. The van der Waals surface area contributed by atoms with Crippen LogP contribution in [0.4, 0.5) is 0 Å². The molecule has 0 radical (unpaired) electrons. The molecule has 4 aliphatic rings. The molecule has 0 aromatic heterocycles. The molecule has 0 spiro atoms. The van der Waals surface area contributed by atoms with Crippen LogP contribution in [0.3, 0.4) is 0 Å². The van der Waals surface area contributed by atoms with E-state index in [0.717, 1.165) is 17.8 Å². The highest BCUT2D eigenvalue weighted by molar-refractivity contribution is 6.70. The lowest BCUT2D eigenvalue weighted by Gasteiger charge is -2.58. The van der Waals surface area contributed by atoms with Crippen LogP contribution in [0.2, 0.25) is 39.3 Å². The Morgan fingerprint density at radius 3 is 2.17 bits per heavy atom. The Morgan fingerprint density at radius 1 is 0.828 bits per heavy atom. The van der Waals surface area contributed by atoms with E-state index >= 15 is 0 Å². The predicted molar refractivity (Wildman–Crippen MR) is 128 cm³/mol. The molecule has 0 heterocycles. The molecule has 0 aromatic rings. The van der Waals surface area contributed by atoms with Gasteiger partial charge >= 0.3 is 0 Å². The number of hydrogen-bond acceptors (Lipinski definition) is 2. The number of fused-ring (bicyclic) bond motifs is 5. The van der Waals surface area contributed by atoms with Crippen LogP contribution in [0.15, 0.2) is 11.6 Å². The van der Waals surface area contributed by atoms with Gasteiger partial charge in [0.1, 0.15) is 0 Å². The fourth-order valence-electron chi connectivity index (χ4n) is 7.80. The summed E-state index contributed by atoms with van der Waals surface area (Å²) in [7, 11) is -2.93. The van der Waals surface area contributed by atoms with E-state index in [4.69, 9.17) is 8.85 Å². The summed E-state index contributed by atoms with van der Waals surface area (Å²) in [5, 5.41) is 0. The van der Waals surface area contributed by atoms with Crippen LogP contribution in [0.25, 0.3) is 0 Å². The van der Waals surface area contributed by atoms with E-state index in [1.165, 1.54) is 51.4 Å². The third-order valence-electron chi connectivity index (χ3n) is 8.99. The Balaban J connectivity index is 1.53. The highest BCUT2D eigenvalue weighted by atomic mass is 28.4. The van der Waals surface area contributed by atoms with Gasteiger partial charge in [0.05, 0.1) is 6.10 Å². The minimum atomic E-state index is -1.48. The zero-order valence-electron chi connectivity index (χ0n) is 20.4. The van der Waals surface area contributed by atoms with E-state index in [2.05, 4.69) is 59.2 Å². The summed E-state index contributed by atoms with van der Waals surface area (Å²) >= 11 is 0. The molecule has 0 aromatic carbocycles. The molecule has 29 heavy (non-hydrogen) atoms. The Bertz CT molecular complexity index is 661. The minimum Gasteiger partial charge on any atom is -0.414 e. The summed E-state index contributed by atoms with van der Waals surface area (Å²) < 4.78 is 13.3. The van der Waals surface area contributed by atoms with E-state index in [9.17, 15) is 0 Å².